The quantitative estimate of drug-likeness (QED) is 0.758. The summed E-state index contributed by atoms with van der Waals surface area (Å²) >= 11 is 1.95. The lowest BCUT2D eigenvalue weighted by atomic mass is 10.2. The van der Waals surface area contributed by atoms with Crippen LogP contribution in [0.2, 0.25) is 0 Å². The highest BCUT2D eigenvalue weighted by Gasteiger charge is 2.17. The molecule has 0 spiro atoms. The molecule has 1 saturated heterocycles. The first-order chi connectivity index (χ1) is 11.3. The third-order valence-corrected chi connectivity index (χ3v) is 5.37. The Morgan fingerprint density at radius 3 is 2.43 bits per heavy atom. The van der Waals surface area contributed by atoms with Gasteiger partial charge in [-0.15, -0.1) is 11.8 Å². The molecule has 1 aliphatic heterocycles. The average molecular weight is 327 g/mol. The molecule has 1 aromatic carbocycles. The molecule has 0 unspecified atom stereocenters. The van der Waals surface area contributed by atoms with Crippen LogP contribution in [0, 0.1) is 6.92 Å². The maximum absolute atomic E-state index is 4.52. The molecule has 1 aliphatic rings. The van der Waals surface area contributed by atoms with Gasteiger partial charge in [0.25, 0.3) is 0 Å². The van der Waals surface area contributed by atoms with Crippen molar-refractivity contribution >= 4 is 11.8 Å². The Bertz CT molecular complexity index is 595. The summed E-state index contributed by atoms with van der Waals surface area (Å²) in [5, 5.41) is 0. The van der Waals surface area contributed by atoms with Crippen molar-refractivity contribution in [2.45, 2.75) is 18.4 Å². The highest BCUT2D eigenvalue weighted by atomic mass is 32.2. The molecule has 2 heterocycles. The van der Waals surface area contributed by atoms with Crippen LogP contribution in [0.3, 0.4) is 0 Å². The van der Waals surface area contributed by atoms with Crippen LogP contribution in [0.5, 0.6) is 0 Å². The van der Waals surface area contributed by atoms with Crippen molar-refractivity contribution in [2.24, 2.45) is 0 Å². The van der Waals surface area contributed by atoms with Crippen molar-refractivity contribution in [1.82, 2.24) is 14.8 Å². The minimum Gasteiger partial charge on any atom is -0.300 e. The summed E-state index contributed by atoms with van der Waals surface area (Å²) in [5.74, 6) is 1.17. The zero-order valence-corrected chi connectivity index (χ0v) is 14.6. The first-order valence-corrected chi connectivity index (χ1v) is 9.33. The molecule has 0 amide bonds. The van der Waals surface area contributed by atoms with Gasteiger partial charge in [0.05, 0.1) is 5.69 Å². The van der Waals surface area contributed by atoms with E-state index in [0.29, 0.717) is 0 Å². The van der Waals surface area contributed by atoms with E-state index in [1.807, 2.05) is 24.0 Å². The first-order valence-electron chi connectivity index (χ1n) is 8.34. The van der Waals surface area contributed by atoms with Crippen LogP contribution in [0.1, 0.15) is 11.3 Å². The second kappa shape index (κ2) is 8.48. The number of hydrogen-bond donors (Lipinski definition) is 0. The van der Waals surface area contributed by atoms with Crippen LogP contribution in [0.25, 0.3) is 0 Å². The lowest BCUT2D eigenvalue weighted by Crippen LogP contribution is -2.46. The second-order valence-corrected chi connectivity index (χ2v) is 7.21. The van der Waals surface area contributed by atoms with E-state index in [2.05, 4.69) is 58.1 Å². The standard InChI is InChI=1S/C19H25N3S/c1-17-6-5-9-20-19(17)16-22-12-10-21(11-13-22)14-15-23-18-7-3-2-4-8-18/h2-9H,10-16H2,1H3. The third kappa shape index (κ3) is 5.06. The maximum atomic E-state index is 4.52. The molecule has 1 aromatic heterocycles. The summed E-state index contributed by atoms with van der Waals surface area (Å²) in [5.41, 5.74) is 2.52. The van der Waals surface area contributed by atoms with Gasteiger partial charge >= 0.3 is 0 Å². The normalized spacial score (nSPS) is 16.6. The van der Waals surface area contributed by atoms with Crippen LogP contribution in [0.15, 0.2) is 53.6 Å². The molecular weight excluding hydrogens is 302 g/mol. The Balaban J connectivity index is 1.38. The van der Waals surface area contributed by atoms with E-state index in [1.54, 1.807) is 0 Å². The van der Waals surface area contributed by atoms with E-state index < -0.39 is 0 Å². The van der Waals surface area contributed by atoms with E-state index >= 15 is 0 Å². The van der Waals surface area contributed by atoms with Gasteiger partial charge < -0.3 is 0 Å². The molecule has 0 bridgehead atoms. The predicted octanol–water partition coefficient (Wildman–Crippen LogP) is 3.30. The fourth-order valence-corrected chi connectivity index (χ4v) is 3.81. The number of hydrogen-bond acceptors (Lipinski definition) is 4. The van der Waals surface area contributed by atoms with Crippen LogP contribution < -0.4 is 0 Å². The molecule has 3 rings (SSSR count). The summed E-state index contributed by atoms with van der Waals surface area (Å²) < 4.78 is 0. The van der Waals surface area contributed by atoms with Gasteiger partial charge in [-0.05, 0) is 30.7 Å². The molecule has 0 N–H and O–H groups in total. The highest BCUT2D eigenvalue weighted by molar-refractivity contribution is 7.99. The first kappa shape index (κ1) is 16.5. The lowest BCUT2D eigenvalue weighted by molar-refractivity contribution is 0.131. The van der Waals surface area contributed by atoms with Gasteiger partial charge in [-0.1, -0.05) is 24.3 Å². The molecule has 4 heteroatoms. The lowest BCUT2D eigenvalue weighted by Gasteiger charge is -2.34. The minimum atomic E-state index is 0.985. The van der Waals surface area contributed by atoms with Gasteiger partial charge in [0, 0.05) is 56.1 Å². The fourth-order valence-electron chi connectivity index (χ4n) is 2.88. The number of nitrogens with zero attached hydrogens (tertiary/aromatic N) is 3. The van der Waals surface area contributed by atoms with Gasteiger partial charge in [0.1, 0.15) is 0 Å². The molecule has 3 nitrogen and oxygen atoms in total. The number of rotatable bonds is 6. The summed E-state index contributed by atoms with van der Waals surface area (Å²) in [6.45, 7) is 8.94. The minimum absolute atomic E-state index is 0.985. The van der Waals surface area contributed by atoms with Gasteiger partial charge in [-0.2, -0.15) is 0 Å². The van der Waals surface area contributed by atoms with E-state index in [-0.39, 0.29) is 0 Å². The topological polar surface area (TPSA) is 19.4 Å². The summed E-state index contributed by atoms with van der Waals surface area (Å²) in [7, 11) is 0. The van der Waals surface area contributed by atoms with Crippen molar-refractivity contribution in [1.29, 1.82) is 0 Å². The maximum Gasteiger partial charge on any atom is 0.0573 e. The van der Waals surface area contributed by atoms with E-state index in [9.17, 15) is 0 Å². The number of thioether (sulfide) groups is 1. The van der Waals surface area contributed by atoms with E-state index in [0.717, 1.165) is 19.6 Å². The van der Waals surface area contributed by atoms with Crippen molar-refractivity contribution in [3.63, 3.8) is 0 Å². The summed E-state index contributed by atoms with van der Waals surface area (Å²) in [6, 6.07) is 14.9. The Labute approximate surface area is 143 Å². The Hall–Kier alpha value is -1.36. The number of aromatic nitrogens is 1. The van der Waals surface area contributed by atoms with Crippen molar-refractivity contribution in [2.75, 3.05) is 38.5 Å². The monoisotopic (exact) mass is 327 g/mol. The Morgan fingerprint density at radius 2 is 1.70 bits per heavy atom. The summed E-state index contributed by atoms with van der Waals surface area (Å²) in [4.78, 5) is 11.0. The molecule has 0 saturated carbocycles. The Kier molecular flexibility index (Phi) is 6.08. The van der Waals surface area contributed by atoms with E-state index in [4.69, 9.17) is 0 Å². The number of benzene rings is 1. The number of aryl methyl sites for hydroxylation is 1. The zero-order chi connectivity index (χ0) is 15.9. The zero-order valence-electron chi connectivity index (χ0n) is 13.8. The van der Waals surface area contributed by atoms with Gasteiger partial charge in [0.2, 0.25) is 0 Å². The molecule has 1 fully saturated rings. The second-order valence-electron chi connectivity index (χ2n) is 6.05. The predicted molar refractivity (Wildman–Crippen MR) is 97.9 cm³/mol. The molecule has 2 aromatic rings. The van der Waals surface area contributed by atoms with Crippen LogP contribution in [0.4, 0.5) is 0 Å². The number of piperazine rings is 1. The average Bonchev–Trinajstić information content (AvgIpc) is 2.59. The van der Waals surface area contributed by atoms with Crippen molar-refractivity contribution in [3.05, 3.63) is 59.9 Å². The van der Waals surface area contributed by atoms with Crippen LogP contribution in [-0.4, -0.2) is 53.3 Å². The summed E-state index contributed by atoms with van der Waals surface area (Å²) in [6.07, 6.45) is 1.90. The van der Waals surface area contributed by atoms with Crippen molar-refractivity contribution in [3.8, 4) is 0 Å². The SMILES string of the molecule is Cc1cccnc1CN1CCN(CCSc2ccccc2)CC1. The van der Waals surface area contributed by atoms with Crippen molar-refractivity contribution < 1.29 is 0 Å². The molecule has 0 radical (unpaired) electrons. The highest BCUT2D eigenvalue weighted by Crippen LogP contribution is 2.17. The largest absolute Gasteiger partial charge is 0.300 e. The van der Waals surface area contributed by atoms with Crippen LogP contribution in [-0.2, 0) is 6.54 Å². The van der Waals surface area contributed by atoms with E-state index in [1.165, 1.54) is 41.5 Å². The van der Waals surface area contributed by atoms with Gasteiger partial charge in [0.15, 0.2) is 0 Å². The molecule has 0 aliphatic carbocycles. The van der Waals surface area contributed by atoms with Crippen LogP contribution >= 0.6 is 11.8 Å². The number of pyridine rings is 1. The molecular formula is C19H25N3S. The van der Waals surface area contributed by atoms with Gasteiger partial charge in [-0.25, -0.2) is 0 Å². The fraction of sp³-hybridized carbons (Fsp3) is 0.421. The Morgan fingerprint density at radius 1 is 0.957 bits per heavy atom. The molecule has 23 heavy (non-hydrogen) atoms. The molecule has 0 atom stereocenters. The van der Waals surface area contributed by atoms with Gasteiger partial charge in [-0.3, -0.25) is 14.8 Å². The smallest absolute Gasteiger partial charge is 0.0573 e. The molecule has 122 valence electrons. The third-order valence-electron chi connectivity index (χ3n) is 4.38.